The molecule has 0 spiro atoms. The Hall–Kier alpha value is -0.970. The maximum Gasteiger partial charge on any atom is 0.337 e. The van der Waals surface area contributed by atoms with Gasteiger partial charge in [0.25, 0.3) is 0 Å². The molecule has 0 fully saturated rings. The van der Waals surface area contributed by atoms with Crippen molar-refractivity contribution in [2.75, 3.05) is 0 Å². The molecule has 0 aromatic heterocycles. The summed E-state index contributed by atoms with van der Waals surface area (Å²) in [5.74, 6) is -1.38. The standard InChI is InChI=1S/C14H8Cl4O3/c15-8-4-6(3-7(5-8)13(19)14(20)21)11-9(16)1-2-10(17)12(11)18/h1-5,13,19H,(H,20,21). The van der Waals surface area contributed by atoms with Crippen LogP contribution in [0.1, 0.15) is 11.7 Å². The van der Waals surface area contributed by atoms with Gasteiger partial charge < -0.3 is 10.2 Å². The summed E-state index contributed by atoms with van der Waals surface area (Å²) < 4.78 is 0. The van der Waals surface area contributed by atoms with Crippen LogP contribution in [0.5, 0.6) is 0 Å². The van der Waals surface area contributed by atoms with Gasteiger partial charge in [-0.05, 0) is 41.5 Å². The Morgan fingerprint density at radius 2 is 1.62 bits per heavy atom. The molecular formula is C14H8Cl4O3. The number of carboxylic acids is 1. The molecule has 21 heavy (non-hydrogen) atoms. The quantitative estimate of drug-likeness (QED) is 0.745. The van der Waals surface area contributed by atoms with Crippen LogP contribution in [0.15, 0.2) is 30.3 Å². The molecule has 0 saturated heterocycles. The minimum Gasteiger partial charge on any atom is -0.479 e. The number of aliphatic carboxylic acids is 1. The number of aliphatic hydroxyl groups excluding tert-OH is 1. The Morgan fingerprint density at radius 1 is 1.00 bits per heavy atom. The van der Waals surface area contributed by atoms with Crippen molar-refractivity contribution in [3.05, 3.63) is 56.0 Å². The van der Waals surface area contributed by atoms with Crippen LogP contribution in [0.3, 0.4) is 0 Å². The maximum absolute atomic E-state index is 10.9. The first-order valence-corrected chi connectivity index (χ1v) is 7.17. The highest BCUT2D eigenvalue weighted by Gasteiger charge is 2.19. The molecule has 2 N–H and O–H groups in total. The third kappa shape index (κ3) is 3.44. The number of benzene rings is 2. The predicted octanol–water partition coefficient (Wildman–Crippen LogP) is 5.09. The Balaban J connectivity index is 2.66. The Bertz CT molecular complexity index is 716. The summed E-state index contributed by atoms with van der Waals surface area (Å²) in [6, 6.07) is 7.49. The fourth-order valence-electron chi connectivity index (χ4n) is 1.85. The smallest absolute Gasteiger partial charge is 0.337 e. The zero-order chi connectivity index (χ0) is 15.7. The molecule has 110 valence electrons. The molecule has 2 aromatic rings. The normalized spacial score (nSPS) is 12.2. The van der Waals surface area contributed by atoms with Crippen LogP contribution in [0.25, 0.3) is 11.1 Å². The summed E-state index contributed by atoms with van der Waals surface area (Å²) in [5.41, 5.74) is 1.01. The van der Waals surface area contributed by atoms with Gasteiger partial charge in [0.1, 0.15) is 0 Å². The topological polar surface area (TPSA) is 57.5 Å². The molecule has 0 bridgehead atoms. The van der Waals surface area contributed by atoms with Crippen LogP contribution in [0.2, 0.25) is 20.1 Å². The zero-order valence-corrected chi connectivity index (χ0v) is 13.3. The molecule has 0 amide bonds. The monoisotopic (exact) mass is 364 g/mol. The van der Waals surface area contributed by atoms with Gasteiger partial charge in [-0.25, -0.2) is 4.79 Å². The molecule has 2 rings (SSSR count). The molecule has 0 heterocycles. The van der Waals surface area contributed by atoms with Crippen LogP contribution >= 0.6 is 46.4 Å². The third-order valence-corrected chi connectivity index (χ3v) is 4.14. The van der Waals surface area contributed by atoms with Gasteiger partial charge in [0.05, 0.1) is 10.0 Å². The van der Waals surface area contributed by atoms with Crippen molar-refractivity contribution in [1.82, 2.24) is 0 Å². The Morgan fingerprint density at radius 3 is 2.24 bits per heavy atom. The van der Waals surface area contributed by atoms with E-state index in [0.717, 1.165) is 0 Å². The van der Waals surface area contributed by atoms with E-state index in [-0.39, 0.29) is 15.6 Å². The van der Waals surface area contributed by atoms with E-state index in [2.05, 4.69) is 0 Å². The van der Waals surface area contributed by atoms with Gasteiger partial charge in [0.2, 0.25) is 0 Å². The molecule has 0 aliphatic carbocycles. The van der Waals surface area contributed by atoms with Crippen LogP contribution < -0.4 is 0 Å². The molecule has 1 unspecified atom stereocenters. The maximum atomic E-state index is 10.9. The van der Waals surface area contributed by atoms with E-state index >= 15 is 0 Å². The molecule has 7 heteroatoms. The second kappa shape index (κ2) is 6.42. The van der Waals surface area contributed by atoms with Crippen LogP contribution in [0, 0.1) is 0 Å². The van der Waals surface area contributed by atoms with Gasteiger partial charge in [-0.2, -0.15) is 0 Å². The molecule has 2 aromatic carbocycles. The average molecular weight is 366 g/mol. The minimum atomic E-state index is -1.70. The SMILES string of the molecule is O=C(O)C(O)c1cc(Cl)cc(-c2c(Cl)ccc(Cl)c2Cl)c1. The zero-order valence-electron chi connectivity index (χ0n) is 10.3. The van der Waals surface area contributed by atoms with E-state index in [9.17, 15) is 9.90 Å². The summed E-state index contributed by atoms with van der Waals surface area (Å²) in [7, 11) is 0. The van der Waals surface area contributed by atoms with Gasteiger partial charge >= 0.3 is 5.97 Å². The van der Waals surface area contributed by atoms with Crippen LogP contribution in [0.4, 0.5) is 0 Å². The number of carboxylic acid groups (broad SMARTS) is 1. The van der Waals surface area contributed by atoms with Crippen molar-refractivity contribution in [2.24, 2.45) is 0 Å². The van der Waals surface area contributed by atoms with Crippen molar-refractivity contribution in [3.8, 4) is 11.1 Å². The first-order chi connectivity index (χ1) is 9.81. The fourth-order valence-corrected chi connectivity index (χ4v) is 2.84. The van der Waals surface area contributed by atoms with E-state index in [1.54, 1.807) is 18.2 Å². The lowest BCUT2D eigenvalue weighted by Gasteiger charge is -2.13. The van der Waals surface area contributed by atoms with E-state index in [0.29, 0.717) is 21.2 Å². The molecule has 0 saturated carbocycles. The number of hydrogen-bond acceptors (Lipinski definition) is 2. The first-order valence-electron chi connectivity index (χ1n) is 5.66. The summed E-state index contributed by atoms with van der Waals surface area (Å²) >= 11 is 24.2. The number of rotatable bonds is 3. The van der Waals surface area contributed by atoms with Gasteiger partial charge in [-0.1, -0.05) is 46.4 Å². The van der Waals surface area contributed by atoms with Crippen molar-refractivity contribution >= 4 is 52.4 Å². The Kier molecular flexibility index (Phi) is 5.02. The van der Waals surface area contributed by atoms with Gasteiger partial charge in [-0.15, -0.1) is 0 Å². The molecule has 3 nitrogen and oxygen atoms in total. The predicted molar refractivity (Wildman–Crippen MR) is 84.5 cm³/mol. The van der Waals surface area contributed by atoms with Crippen molar-refractivity contribution in [2.45, 2.75) is 6.10 Å². The van der Waals surface area contributed by atoms with E-state index in [1.165, 1.54) is 12.1 Å². The lowest BCUT2D eigenvalue weighted by Crippen LogP contribution is -2.10. The second-order valence-electron chi connectivity index (χ2n) is 4.23. The largest absolute Gasteiger partial charge is 0.479 e. The Labute approximate surface area is 140 Å². The third-order valence-electron chi connectivity index (χ3n) is 2.80. The minimum absolute atomic E-state index is 0.122. The highest BCUT2D eigenvalue weighted by atomic mass is 35.5. The molecule has 0 aliphatic heterocycles. The molecular weight excluding hydrogens is 358 g/mol. The van der Waals surface area contributed by atoms with Crippen molar-refractivity contribution in [1.29, 1.82) is 0 Å². The van der Waals surface area contributed by atoms with Crippen LogP contribution in [-0.2, 0) is 4.79 Å². The van der Waals surface area contributed by atoms with E-state index in [4.69, 9.17) is 51.5 Å². The second-order valence-corrected chi connectivity index (χ2v) is 5.86. The van der Waals surface area contributed by atoms with Crippen LogP contribution in [-0.4, -0.2) is 16.2 Å². The lowest BCUT2D eigenvalue weighted by molar-refractivity contribution is -0.146. The summed E-state index contributed by atoms with van der Waals surface area (Å²) in [6.45, 7) is 0. The van der Waals surface area contributed by atoms with Gasteiger partial charge in [0.15, 0.2) is 6.10 Å². The number of aliphatic hydroxyl groups is 1. The summed E-state index contributed by atoms with van der Waals surface area (Å²) in [4.78, 5) is 10.9. The fraction of sp³-hybridized carbons (Fsp3) is 0.0714. The number of carbonyl (C=O) groups is 1. The average Bonchev–Trinajstić information content (AvgIpc) is 2.42. The van der Waals surface area contributed by atoms with Crippen molar-refractivity contribution in [3.63, 3.8) is 0 Å². The van der Waals surface area contributed by atoms with Gasteiger partial charge in [-0.3, -0.25) is 0 Å². The first kappa shape index (κ1) is 16.4. The highest BCUT2D eigenvalue weighted by Crippen LogP contribution is 2.40. The highest BCUT2D eigenvalue weighted by molar-refractivity contribution is 6.46. The van der Waals surface area contributed by atoms with Crippen molar-refractivity contribution < 1.29 is 15.0 Å². The molecule has 0 aliphatic rings. The van der Waals surface area contributed by atoms with Gasteiger partial charge in [0, 0.05) is 15.6 Å². The lowest BCUT2D eigenvalue weighted by atomic mass is 10.0. The summed E-state index contributed by atoms with van der Waals surface area (Å²) in [5, 5.41) is 19.6. The van der Waals surface area contributed by atoms with E-state index in [1.807, 2.05) is 0 Å². The molecule has 1 atom stereocenters. The summed E-state index contributed by atoms with van der Waals surface area (Å²) in [6.07, 6.45) is -1.70. The van der Waals surface area contributed by atoms with E-state index < -0.39 is 12.1 Å². The number of halogens is 4. The molecule has 0 radical (unpaired) electrons. The number of hydrogen-bond donors (Lipinski definition) is 2.